The van der Waals surface area contributed by atoms with Crippen molar-refractivity contribution in [2.45, 2.75) is 19.0 Å². The van der Waals surface area contributed by atoms with Crippen LogP contribution in [0.25, 0.3) is 11.3 Å². The highest BCUT2D eigenvalue weighted by Gasteiger charge is 2.42. The van der Waals surface area contributed by atoms with E-state index in [9.17, 15) is 14.7 Å². The Morgan fingerprint density at radius 1 is 1.13 bits per heavy atom. The van der Waals surface area contributed by atoms with Crippen LogP contribution >= 0.6 is 12.2 Å². The molecular weight excluding hydrogens is 516 g/mol. The summed E-state index contributed by atoms with van der Waals surface area (Å²) in [5, 5.41) is 16.0. The lowest BCUT2D eigenvalue weighted by molar-refractivity contribution is -0.119. The first kappa shape index (κ1) is 26.1. The molecule has 1 fully saturated rings. The second-order valence-electron chi connectivity index (χ2n) is 9.06. The lowest BCUT2D eigenvalue weighted by Crippen LogP contribution is -2.29. The summed E-state index contributed by atoms with van der Waals surface area (Å²) in [6.07, 6.45) is 1.73. The molecule has 1 amide bonds. The molecule has 5 rings (SSSR count). The molecule has 0 radical (unpaired) electrons. The highest BCUT2D eigenvalue weighted by atomic mass is 32.1. The van der Waals surface area contributed by atoms with E-state index in [1.54, 1.807) is 36.5 Å². The van der Waals surface area contributed by atoms with Crippen molar-refractivity contribution in [3.05, 3.63) is 102 Å². The number of carbonyl (C=O) groups excluding carboxylic acids is 1. The van der Waals surface area contributed by atoms with Crippen LogP contribution in [0, 0.1) is 6.92 Å². The molecule has 2 atom stereocenters. The van der Waals surface area contributed by atoms with E-state index in [4.69, 9.17) is 21.4 Å². The Morgan fingerprint density at radius 2 is 1.92 bits per heavy atom. The van der Waals surface area contributed by atoms with Crippen LogP contribution < -0.4 is 15.5 Å². The predicted octanol–water partition coefficient (Wildman–Crippen LogP) is 5.11. The van der Waals surface area contributed by atoms with Crippen LogP contribution in [0.1, 0.15) is 39.5 Å². The van der Waals surface area contributed by atoms with Gasteiger partial charge in [-0.15, -0.1) is 0 Å². The van der Waals surface area contributed by atoms with Gasteiger partial charge in [-0.3, -0.25) is 9.78 Å². The molecule has 0 spiro atoms. The Morgan fingerprint density at radius 3 is 2.59 bits per heavy atom. The van der Waals surface area contributed by atoms with Crippen LogP contribution in [0.3, 0.4) is 0 Å². The Kier molecular flexibility index (Phi) is 7.40. The molecule has 1 saturated heterocycles. The summed E-state index contributed by atoms with van der Waals surface area (Å²) >= 11 is 5.78. The van der Waals surface area contributed by atoms with Crippen LogP contribution in [0.4, 0.5) is 11.4 Å². The number of nitrogens with one attached hydrogen (secondary N) is 2. The summed E-state index contributed by atoms with van der Waals surface area (Å²) in [6, 6.07) is 21.1. The minimum atomic E-state index is -0.978. The summed E-state index contributed by atoms with van der Waals surface area (Å²) in [6.45, 7) is 1.82. The minimum Gasteiger partial charge on any atom is -0.478 e. The maximum atomic E-state index is 11.9. The minimum absolute atomic E-state index is 0.0327. The van der Waals surface area contributed by atoms with Gasteiger partial charge in [0.05, 0.1) is 17.3 Å². The number of carbonyl (C=O) groups is 2. The maximum absolute atomic E-state index is 11.9. The number of pyridine rings is 1. The van der Waals surface area contributed by atoms with Crippen LogP contribution in [0.2, 0.25) is 0 Å². The molecule has 0 aliphatic carbocycles. The number of furan rings is 1. The largest absolute Gasteiger partial charge is 0.478 e. The Hall–Kier alpha value is -4.54. The van der Waals surface area contributed by atoms with Gasteiger partial charge in [-0.25, -0.2) is 4.79 Å². The molecular formula is C29H26N4O5S. The number of amides is 1. The normalized spacial score (nSPS) is 16.7. The van der Waals surface area contributed by atoms with Crippen LogP contribution in [0.5, 0.6) is 0 Å². The van der Waals surface area contributed by atoms with Crippen molar-refractivity contribution in [1.82, 2.24) is 10.3 Å². The van der Waals surface area contributed by atoms with Gasteiger partial charge in [0, 0.05) is 30.2 Å². The smallest absolute Gasteiger partial charge is 0.335 e. The van der Waals surface area contributed by atoms with E-state index < -0.39 is 5.97 Å². The van der Waals surface area contributed by atoms with E-state index >= 15 is 0 Å². The topological polar surface area (TPSA) is 117 Å². The number of carboxylic acids is 1. The summed E-state index contributed by atoms with van der Waals surface area (Å²) in [7, 11) is 1.47. The third kappa shape index (κ3) is 5.38. The van der Waals surface area contributed by atoms with Gasteiger partial charge in [0.2, 0.25) is 5.91 Å². The fraction of sp³-hybridized carbons (Fsp3) is 0.172. The third-order valence-electron chi connectivity index (χ3n) is 6.46. The lowest BCUT2D eigenvalue weighted by atomic mass is 10.0. The highest BCUT2D eigenvalue weighted by Crippen LogP contribution is 2.43. The van der Waals surface area contributed by atoms with Gasteiger partial charge in [-0.2, -0.15) is 0 Å². The molecule has 10 heteroatoms. The molecule has 3 heterocycles. The van der Waals surface area contributed by atoms with Crippen molar-refractivity contribution in [2.75, 3.05) is 23.9 Å². The third-order valence-corrected chi connectivity index (χ3v) is 6.77. The van der Waals surface area contributed by atoms with E-state index in [1.165, 1.54) is 7.11 Å². The fourth-order valence-corrected chi connectivity index (χ4v) is 5.03. The average molecular weight is 543 g/mol. The Bertz CT molecular complexity index is 1520. The number of anilines is 2. The molecule has 2 aromatic heterocycles. The van der Waals surface area contributed by atoms with E-state index in [0.717, 1.165) is 22.5 Å². The first-order chi connectivity index (χ1) is 18.9. The van der Waals surface area contributed by atoms with Crippen molar-refractivity contribution >= 4 is 40.6 Å². The van der Waals surface area contributed by atoms with E-state index in [0.29, 0.717) is 22.3 Å². The summed E-state index contributed by atoms with van der Waals surface area (Å²) < 4.78 is 11.3. The number of methoxy groups -OCH3 is 1. The number of rotatable bonds is 8. The van der Waals surface area contributed by atoms with E-state index in [2.05, 4.69) is 15.6 Å². The standard InChI is InChI=1S/C29H26N4O5S/c1-17-15-18(28(35)36)6-11-21(17)23-12-13-24(38-23)27-26(22-5-3-4-14-30-22)32-29(39)33(27)20-9-7-19(8-10-20)31-25(34)16-37-2/h3-15,26-27H,16H2,1-2H3,(H,31,34)(H,32,39)(H,35,36)/t26-,27-/m0/s1. The van der Waals surface area contributed by atoms with Gasteiger partial charge in [0.25, 0.3) is 0 Å². The van der Waals surface area contributed by atoms with Gasteiger partial charge in [0.1, 0.15) is 24.2 Å². The number of benzene rings is 2. The molecule has 0 unspecified atom stereocenters. The fourth-order valence-electron chi connectivity index (χ4n) is 4.69. The number of carboxylic acid groups (broad SMARTS) is 1. The first-order valence-electron chi connectivity index (χ1n) is 12.2. The lowest BCUT2D eigenvalue weighted by Gasteiger charge is -2.26. The van der Waals surface area contributed by atoms with Crippen LogP contribution in [-0.2, 0) is 9.53 Å². The highest BCUT2D eigenvalue weighted by molar-refractivity contribution is 7.80. The molecule has 39 heavy (non-hydrogen) atoms. The van der Waals surface area contributed by atoms with E-state index in [1.807, 2.05) is 54.3 Å². The van der Waals surface area contributed by atoms with Gasteiger partial charge >= 0.3 is 5.97 Å². The van der Waals surface area contributed by atoms with Crippen molar-refractivity contribution in [2.24, 2.45) is 0 Å². The number of aromatic nitrogens is 1. The van der Waals surface area contributed by atoms with Crippen molar-refractivity contribution in [1.29, 1.82) is 0 Å². The zero-order chi connectivity index (χ0) is 27.5. The number of ether oxygens (including phenoxy) is 1. The number of nitrogens with zero attached hydrogens (tertiary/aromatic N) is 2. The van der Waals surface area contributed by atoms with Crippen molar-refractivity contribution in [3.63, 3.8) is 0 Å². The second kappa shape index (κ2) is 11.1. The molecule has 1 aliphatic heterocycles. The van der Waals surface area contributed by atoms with Gasteiger partial charge in [0.15, 0.2) is 5.11 Å². The summed E-state index contributed by atoms with van der Waals surface area (Å²) in [5.41, 5.74) is 4.06. The molecule has 3 N–H and O–H groups in total. The number of aromatic carboxylic acids is 1. The first-order valence-corrected chi connectivity index (χ1v) is 12.6. The maximum Gasteiger partial charge on any atom is 0.335 e. The zero-order valence-corrected chi connectivity index (χ0v) is 22.1. The Balaban J connectivity index is 1.51. The molecule has 198 valence electrons. The van der Waals surface area contributed by atoms with Crippen molar-refractivity contribution in [3.8, 4) is 11.3 Å². The van der Waals surface area contributed by atoms with Crippen LogP contribution in [0.15, 0.2) is 83.4 Å². The summed E-state index contributed by atoms with van der Waals surface area (Å²) in [4.78, 5) is 29.8. The Labute approximate surface area is 230 Å². The van der Waals surface area contributed by atoms with Gasteiger partial charge in [-0.1, -0.05) is 12.1 Å². The predicted molar refractivity (Wildman–Crippen MR) is 151 cm³/mol. The number of aryl methyl sites for hydroxylation is 1. The quantitative estimate of drug-likeness (QED) is 0.261. The number of thiocarbonyl (C=S) groups is 1. The monoisotopic (exact) mass is 542 g/mol. The number of hydrogen-bond acceptors (Lipinski definition) is 6. The van der Waals surface area contributed by atoms with Crippen LogP contribution in [-0.4, -0.2) is 40.8 Å². The molecule has 1 aliphatic rings. The molecule has 0 bridgehead atoms. The average Bonchev–Trinajstić information content (AvgIpc) is 3.54. The molecule has 9 nitrogen and oxygen atoms in total. The molecule has 2 aromatic carbocycles. The number of hydrogen-bond donors (Lipinski definition) is 3. The summed E-state index contributed by atoms with van der Waals surface area (Å²) in [5.74, 6) is 0.0559. The SMILES string of the molecule is COCC(=O)Nc1ccc(N2C(=S)N[C@@H](c3ccccn3)[C@@H]2c2ccc(-c3ccc(C(=O)O)cc3C)o2)cc1. The van der Waals surface area contributed by atoms with E-state index in [-0.39, 0.29) is 30.2 Å². The molecule has 0 saturated carbocycles. The van der Waals surface area contributed by atoms with Crippen molar-refractivity contribution < 1.29 is 23.8 Å². The molecule has 4 aromatic rings. The second-order valence-corrected chi connectivity index (χ2v) is 9.45. The van der Waals surface area contributed by atoms with Gasteiger partial charge in [-0.05, 0) is 85.4 Å². The zero-order valence-electron chi connectivity index (χ0n) is 21.3. The van der Waals surface area contributed by atoms with Gasteiger partial charge < -0.3 is 29.8 Å².